The van der Waals surface area contributed by atoms with Gasteiger partial charge in [0.15, 0.2) is 12.4 Å². The molecule has 1 saturated heterocycles. The monoisotopic (exact) mass is 1110 g/mol. The zero-order valence-corrected chi connectivity index (χ0v) is 51.0. The summed E-state index contributed by atoms with van der Waals surface area (Å²) in [7, 11) is 0. The number of nitrogens with one attached hydrogen (secondary N) is 1. The Balaban J connectivity index is 2.62. The van der Waals surface area contributed by atoms with Crippen LogP contribution in [-0.2, 0) is 23.8 Å². The van der Waals surface area contributed by atoms with E-state index in [4.69, 9.17) is 14.2 Å². The van der Waals surface area contributed by atoms with Gasteiger partial charge >= 0.3 is 5.97 Å². The highest BCUT2D eigenvalue weighted by molar-refractivity contribution is 5.80. The summed E-state index contributed by atoms with van der Waals surface area (Å²) in [5.41, 5.74) is 0. The standard InChI is InChI=1S/C68H123NO10/c1-4-7-10-13-16-19-22-24-26-28-30-32-33-35-37-40-43-46-49-52-55-61(72)67(76)69-59(60(71)54-51-48-45-42-39-21-18-15-12-9-6-3)58-77-68-66(65(75)64(74)62(57-70)78-68)79-63(73)56-53-50-47-44-41-38-36-34-31-29-27-25-23-20-17-14-11-8-5-2/h16-17,19-20,24-27,51,54,59-62,64-66,68,70-72,74-75H,4-15,18,21-23,28-50,52-53,55-58H2,1-3H3,(H,69,76)/b19-16-,20-17-,26-24-,27-25-,54-51+. The van der Waals surface area contributed by atoms with Crippen LogP contribution in [0.4, 0.5) is 0 Å². The molecule has 0 aliphatic carbocycles. The Morgan fingerprint density at radius 1 is 0.494 bits per heavy atom. The van der Waals surface area contributed by atoms with Crippen molar-refractivity contribution in [3.05, 3.63) is 60.8 Å². The van der Waals surface area contributed by atoms with Gasteiger partial charge in [0, 0.05) is 6.42 Å². The van der Waals surface area contributed by atoms with Crippen molar-refractivity contribution in [3.8, 4) is 0 Å². The Hall–Kier alpha value is -2.64. The maximum absolute atomic E-state index is 13.4. The first-order chi connectivity index (χ1) is 38.7. The third kappa shape index (κ3) is 43.7. The second-order valence-electron chi connectivity index (χ2n) is 22.8. The van der Waals surface area contributed by atoms with Crippen LogP contribution in [0.5, 0.6) is 0 Å². The molecule has 1 heterocycles. The molecule has 0 radical (unpaired) electrons. The fourth-order valence-corrected chi connectivity index (χ4v) is 10.1. The van der Waals surface area contributed by atoms with Crippen LogP contribution < -0.4 is 5.32 Å². The Morgan fingerprint density at radius 3 is 1.32 bits per heavy atom. The molecule has 460 valence electrons. The summed E-state index contributed by atoms with van der Waals surface area (Å²) in [6.07, 6.45) is 59.7. The lowest BCUT2D eigenvalue weighted by Gasteiger charge is -2.41. The fraction of sp³-hybridized carbons (Fsp3) is 0.824. The lowest BCUT2D eigenvalue weighted by atomic mass is 9.99. The number of hydrogen-bond donors (Lipinski definition) is 6. The molecule has 8 unspecified atom stereocenters. The van der Waals surface area contributed by atoms with Gasteiger partial charge in [-0.25, -0.2) is 0 Å². The number of aliphatic hydroxyl groups excluding tert-OH is 5. The molecule has 11 heteroatoms. The van der Waals surface area contributed by atoms with E-state index in [0.717, 1.165) is 83.5 Å². The average Bonchev–Trinajstić information content (AvgIpc) is 3.45. The maximum Gasteiger partial charge on any atom is 0.306 e. The van der Waals surface area contributed by atoms with Crippen LogP contribution in [0.2, 0.25) is 0 Å². The van der Waals surface area contributed by atoms with E-state index in [9.17, 15) is 35.1 Å². The number of amides is 1. The molecule has 11 nitrogen and oxygen atoms in total. The maximum atomic E-state index is 13.4. The fourth-order valence-electron chi connectivity index (χ4n) is 10.1. The van der Waals surface area contributed by atoms with Crippen molar-refractivity contribution in [2.24, 2.45) is 0 Å². The molecule has 1 aliphatic rings. The molecule has 0 aromatic heterocycles. The topological polar surface area (TPSA) is 175 Å². The summed E-state index contributed by atoms with van der Waals surface area (Å²) in [4.78, 5) is 26.6. The van der Waals surface area contributed by atoms with E-state index in [-0.39, 0.29) is 19.4 Å². The lowest BCUT2D eigenvalue weighted by molar-refractivity contribution is -0.305. The Kier molecular flexibility index (Phi) is 52.6. The van der Waals surface area contributed by atoms with Gasteiger partial charge in [-0.15, -0.1) is 0 Å². The van der Waals surface area contributed by atoms with Crippen LogP contribution in [0.25, 0.3) is 0 Å². The number of esters is 1. The van der Waals surface area contributed by atoms with Gasteiger partial charge in [0.2, 0.25) is 5.91 Å². The number of unbranched alkanes of at least 4 members (excludes halogenated alkanes) is 34. The molecule has 0 spiro atoms. The SMILES string of the molecule is CCCCC/C=C\C/C=C\CCCCCCCCCCCCC(O)C(=O)NC(COC1OC(CO)C(O)C(O)C1OC(=O)CCCCCCCCCCC/C=C\C/C=C\CCCCC)C(O)/C=C/CCCCCCCCCCC. The van der Waals surface area contributed by atoms with Crippen LogP contribution in [0.3, 0.4) is 0 Å². The van der Waals surface area contributed by atoms with E-state index in [1.807, 2.05) is 6.08 Å². The number of rotatable bonds is 56. The van der Waals surface area contributed by atoms with Crippen molar-refractivity contribution in [3.63, 3.8) is 0 Å². The first kappa shape index (κ1) is 74.4. The summed E-state index contributed by atoms with van der Waals surface area (Å²) in [5, 5.41) is 57.1. The number of hydrogen-bond acceptors (Lipinski definition) is 10. The molecule has 0 saturated carbocycles. The summed E-state index contributed by atoms with van der Waals surface area (Å²) in [6, 6.07) is -1.03. The Morgan fingerprint density at radius 2 is 0.873 bits per heavy atom. The molecule has 1 amide bonds. The largest absolute Gasteiger partial charge is 0.454 e. The summed E-state index contributed by atoms with van der Waals surface area (Å²) < 4.78 is 17.6. The number of aliphatic hydroxyl groups is 5. The molecule has 79 heavy (non-hydrogen) atoms. The van der Waals surface area contributed by atoms with Crippen molar-refractivity contribution in [1.82, 2.24) is 5.32 Å². The normalized spacial score (nSPS) is 19.2. The van der Waals surface area contributed by atoms with E-state index in [2.05, 4.69) is 74.7 Å². The highest BCUT2D eigenvalue weighted by Gasteiger charge is 2.47. The van der Waals surface area contributed by atoms with E-state index < -0.39 is 67.4 Å². The van der Waals surface area contributed by atoms with Gasteiger partial charge in [-0.2, -0.15) is 0 Å². The first-order valence-electron chi connectivity index (χ1n) is 33.1. The van der Waals surface area contributed by atoms with E-state index in [0.29, 0.717) is 12.8 Å². The van der Waals surface area contributed by atoms with Crippen molar-refractivity contribution in [2.75, 3.05) is 13.2 Å². The lowest BCUT2D eigenvalue weighted by Crippen LogP contribution is -2.61. The van der Waals surface area contributed by atoms with Gasteiger partial charge in [0.25, 0.3) is 0 Å². The van der Waals surface area contributed by atoms with E-state index in [1.54, 1.807) is 6.08 Å². The van der Waals surface area contributed by atoms with Gasteiger partial charge in [-0.3, -0.25) is 9.59 Å². The first-order valence-corrected chi connectivity index (χ1v) is 33.1. The van der Waals surface area contributed by atoms with Crippen LogP contribution in [0.1, 0.15) is 297 Å². The quantitative estimate of drug-likeness (QED) is 0.0195. The number of ether oxygens (including phenoxy) is 3. The van der Waals surface area contributed by atoms with Gasteiger partial charge in [0.1, 0.15) is 24.4 Å². The summed E-state index contributed by atoms with van der Waals surface area (Å²) >= 11 is 0. The zero-order valence-electron chi connectivity index (χ0n) is 51.0. The highest BCUT2D eigenvalue weighted by Crippen LogP contribution is 2.26. The average molecular weight is 1110 g/mol. The molecule has 0 bridgehead atoms. The predicted molar refractivity (Wildman–Crippen MR) is 329 cm³/mol. The molecular formula is C68H123NO10. The molecule has 8 atom stereocenters. The van der Waals surface area contributed by atoms with Crippen molar-refractivity contribution in [1.29, 1.82) is 0 Å². The third-order valence-electron chi connectivity index (χ3n) is 15.4. The Labute approximate surface area is 484 Å². The molecule has 1 rings (SSSR count). The summed E-state index contributed by atoms with van der Waals surface area (Å²) in [5.74, 6) is -1.20. The number of carbonyl (C=O) groups excluding carboxylic acids is 2. The van der Waals surface area contributed by atoms with E-state index >= 15 is 0 Å². The van der Waals surface area contributed by atoms with E-state index in [1.165, 1.54) is 167 Å². The predicted octanol–water partition coefficient (Wildman–Crippen LogP) is 16.2. The zero-order chi connectivity index (χ0) is 57.5. The minimum absolute atomic E-state index is 0.118. The van der Waals surface area contributed by atoms with Crippen LogP contribution >= 0.6 is 0 Å². The molecule has 6 N–H and O–H groups in total. The van der Waals surface area contributed by atoms with Crippen LogP contribution in [-0.4, -0.2) is 99.6 Å². The van der Waals surface area contributed by atoms with Crippen molar-refractivity contribution >= 4 is 11.9 Å². The molecule has 0 aromatic rings. The molecule has 0 aromatic carbocycles. The van der Waals surface area contributed by atoms with Gasteiger partial charge < -0.3 is 45.1 Å². The number of allylic oxidation sites excluding steroid dienone is 9. The Bertz CT molecular complexity index is 1510. The number of carbonyl (C=O) groups is 2. The summed E-state index contributed by atoms with van der Waals surface area (Å²) in [6.45, 7) is 5.75. The third-order valence-corrected chi connectivity index (χ3v) is 15.4. The van der Waals surface area contributed by atoms with Crippen molar-refractivity contribution in [2.45, 2.75) is 346 Å². The van der Waals surface area contributed by atoms with Crippen molar-refractivity contribution < 1.29 is 49.3 Å². The van der Waals surface area contributed by atoms with Gasteiger partial charge in [-0.05, 0) is 89.9 Å². The second-order valence-corrected chi connectivity index (χ2v) is 22.8. The van der Waals surface area contributed by atoms with Crippen LogP contribution in [0, 0.1) is 0 Å². The van der Waals surface area contributed by atoms with Crippen LogP contribution in [0.15, 0.2) is 60.8 Å². The highest BCUT2D eigenvalue weighted by atomic mass is 16.7. The smallest absolute Gasteiger partial charge is 0.306 e. The molecule has 1 aliphatic heterocycles. The van der Waals surface area contributed by atoms with Gasteiger partial charge in [-0.1, -0.05) is 261 Å². The minimum atomic E-state index is -1.62. The molecule has 1 fully saturated rings. The molecular weight excluding hydrogens is 991 g/mol. The van der Waals surface area contributed by atoms with Gasteiger partial charge in [0.05, 0.1) is 25.4 Å². The second kappa shape index (κ2) is 55.9. The minimum Gasteiger partial charge on any atom is -0.454 e.